The molecule has 2 aromatic rings. The minimum Gasteiger partial charge on any atom is -0.297 e. The molecule has 0 unspecified atom stereocenters. The molecule has 0 saturated carbocycles. The molecule has 0 amide bonds. The van der Waals surface area contributed by atoms with Crippen molar-refractivity contribution in [2.24, 2.45) is 7.05 Å². The number of H-pyrrole nitrogens is 1. The van der Waals surface area contributed by atoms with Crippen LogP contribution >= 0.6 is 11.6 Å². The summed E-state index contributed by atoms with van der Waals surface area (Å²) in [6.07, 6.45) is 1.51. The van der Waals surface area contributed by atoms with Crippen molar-refractivity contribution >= 4 is 11.6 Å². The first-order valence-corrected chi connectivity index (χ1v) is 6.15. The van der Waals surface area contributed by atoms with E-state index in [0.717, 1.165) is 4.57 Å². The van der Waals surface area contributed by atoms with Crippen LogP contribution in [0.25, 0.3) is 0 Å². The third kappa shape index (κ3) is 2.60. The second-order valence-corrected chi connectivity index (χ2v) is 4.92. The fraction of sp³-hybridized carbons (Fsp3) is 0.455. The van der Waals surface area contributed by atoms with E-state index in [-0.39, 0.29) is 17.6 Å². The SMILES string of the molecule is CC(C)c1c(Cl)[nH]c(=O)n(Cc2ncn(C)n2)c1=O. The highest BCUT2D eigenvalue weighted by atomic mass is 35.5. The van der Waals surface area contributed by atoms with Gasteiger partial charge in [0.15, 0.2) is 5.82 Å². The van der Waals surface area contributed by atoms with Crippen molar-refractivity contribution in [3.63, 3.8) is 0 Å². The Bertz CT molecular complexity index is 713. The Morgan fingerprint density at radius 1 is 1.42 bits per heavy atom. The largest absolute Gasteiger partial charge is 0.329 e. The molecule has 0 radical (unpaired) electrons. The van der Waals surface area contributed by atoms with E-state index in [2.05, 4.69) is 15.1 Å². The van der Waals surface area contributed by atoms with Gasteiger partial charge in [0.05, 0.1) is 12.1 Å². The Morgan fingerprint density at radius 3 is 2.63 bits per heavy atom. The Kier molecular flexibility index (Phi) is 3.57. The first-order valence-electron chi connectivity index (χ1n) is 5.77. The van der Waals surface area contributed by atoms with Crippen LogP contribution in [-0.2, 0) is 13.6 Å². The standard InChI is InChI=1S/C11H14ClN5O2/c1-6(2)8-9(12)14-11(19)17(10(8)18)4-7-13-5-16(3)15-7/h5-6H,4H2,1-3H3,(H,14,19). The van der Waals surface area contributed by atoms with Gasteiger partial charge in [-0.15, -0.1) is 0 Å². The van der Waals surface area contributed by atoms with Crippen LogP contribution in [-0.4, -0.2) is 24.3 Å². The van der Waals surface area contributed by atoms with Gasteiger partial charge < -0.3 is 0 Å². The Morgan fingerprint density at radius 2 is 2.11 bits per heavy atom. The second-order valence-electron chi connectivity index (χ2n) is 4.54. The Hall–Kier alpha value is -1.89. The third-order valence-corrected chi connectivity index (χ3v) is 3.00. The molecule has 0 aliphatic rings. The summed E-state index contributed by atoms with van der Waals surface area (Å²) in [5.74, 6) is 0.312. The summed E-state index contributed by atoms with van der Waals surface area (Å²) in [5, 5.41) is 4.14. The molecule has 0 saturated heterocycles. The van der Waals surface area contributed by atoms with Crippen LogP contribution in [0.4, 0.5) is 0 Å². The quantitative estimate of drug-likeness (QED) is 0.831. The van der Waals surface area contributed by atoms with Crippen molar-refractivity contribution in [3.05, 3.63) is 43.7 Å². The summed E-state index contributed by atoms with van der Waals surface area (Å²) in [6, 6.07) is 0. The lowest BCUT2D eigenvalue weighted by molar-refractivity contribution is 0.636. The van der Waals surface area contributed by atoms with Crippen molar-refractivity contribution in [1.82, 2.24) is 24.3 Å². The van der Waals surface area contributed by atoms with Gasteiger partial charge >= 0.3 is 5.69 Å². The van der Waals surface area contributed by atoms with Gasteiger partial charge in [0.25, 0.3) is 5.56 Å². The van der Waals surface area contributed by atoms with Gasteiger partial charge in [-0.05, 0) is 5.92 Å². The molecule has 0 aliphatic heterocycles. The lowest BCUT2D eigenvalue weighted by Gasteiger charge is -2.09. The first-order chi connectivity index (χ1) is 8.90. The third-order valence-electron chi connectivity index (χ3n) is 2.70. The highest BCUT2D eigenvalue weighted by molar-refractivity contribution is 6.30. The lowest BCUT2D eigenvalue weighted by Crippen LogP contribution is -2.38. The van der Waals surface area contributed by atoms with Crippen LogP contribution in [0.3, 0.4) is 0 Å². The number of aromatic nitrogens is 5. The number of hydrogen-bond donors (Lipinski definition) is 1. The number of aryl methyl sites for hydroxylation is 1. The topological polar surface area (TPSA) is 85.6 Å². The normalized spacial score (nSPS) is 11.2. The molecule has 0 spiro atoms. The Labute approximate surface area is 113 Å². The van der Waals surface area contributed by atoms with Gasteiger partial charge in [-0.1, -0.05) is 25.4 Å². The van der Waals surface area contributed by atoms with Gasteiger partial charge in [0, 0.05) is 7.05 Å². The van der Waals surface area contributed by atoms with E-state index in [9.17, 15) is 9.59 Å². The summed E-state index contributed by atoms with van der Waals surface area (Å²) >= 11 is 5.90. The average molecular weight is 284 g/mol. The smallest absolute Gasteiger partial charge is 0.297 e. The van der Waals surface area contributed by atoms with Gasteiger partial charge in [-0.3, -0.25) is 19.0 Å². The summed E-state index contributed by atoms with van der Waals surface area (Å²) in [5.41, 5.74) is -0.583. The van der Waals surface area contributed by atoms with Gasteiger partial charge in [0.1, 0.15) is 11.5 Å². The van der Waals surface area contributed by atoms with Crippen molar-refractivity contribution in [2.45, 2.75) is 26.3 Å². The van der Waals surface area contributed by atoms with Crippen LogP contribution < -0.4 is 11.2 Å². The van der Waals surface area contributed by atoms with E-state index in [1.54, 1.807) is 7.05 Å². The molecule has 0 aliphatic carbocycles. The molecule has 0 aromatic carbocycles. The van der Waals surface area contributed by atoms with Crippen LogP contribution in [0.2, 0.25) is 5.15 Å². The molecule has 0 bridgehead atoms. The van der Waals surface area contributed by atoms with E-state index >= 15 is 0 Å². The average Bonchev–Trinajstić information content (AvgIpc) is 2.69. The molecule has 7 nitrogen and oxygen atoms in total. The molecule has 2 rings (SSSR count). The molecule has 8 heteroatoms. The zero-order valence-corrected chi connectivity index (χ0v) is 11.6. The lowest BCUT2D eigenvalue weighted by atomic mass is 10.1. The maximum atomic E-state index is 12.3. The number of nitrogens with one attached hydrogen (secondary N) is 1. The molecule has 19 heavy (non-hydrogen) atoms. The predicted octanol–water partition coefficient (Wildman–Crippen LogP) is 0.490. The number of rotatable bonds is 3. The molecule has 0 fully saturated rings. The molecule has 102 valence electrons. The molecule has 2 heterocycles. The first kappa shape index (κ1) is 13.5. The summed E-state index contributed by atoms with van der Waals surface area (Å²) < 4.78 is 2.56. The summed E-state index contributed by atoms with van der Waals surface area (Å²) in [7, 11) is 1.71. The second kappa shape index (κ2) is 5.00. The van der Waals surface area contributed by atoms with E-state index in [1.165, 1.54) is 11.0 Å². The molecular weight excluding hydrogens is 270 g/mol. The van der Waals surface area contributed by atoms with Crippen molar-refractivity contribution in [1.29, 1.82) is 0 Å². The minimum absolute atomic E-state index is 0.0197. The van der Waals surface area contributed by atoms with E-state index in [1.807, 2.05) is 13.8 Å². The zero-order chi connectivity index (χ0) is 14.2. The van der Waals surface area contributed by atoms with Crippen LogP contribution in [0.5, 0.6) is 0 Å². The number of nitrogens with zero attached hydrogens (tertiary/aromatic N) is 4. The maximum Gasteiger partial charge on any atom is 0.329 e. The maximum absolute atomic E-state index is 12.3. The number of aromatic amines is 1. The highest BCUT2D eigenvalue weighted by Gasteiger charge is 2.16. The van der Waals surface area contributed by atoms with Gasteiger partial charge in [-0.2, -0.15) is 5.10 Å². The number of halogens is 1. The Balaban J connectivity index is 2.55. The minimum atomic E-state index is -0.563. The van der Waals surface area contributed by atoms with Crippen LogP contribution in [0, 0.1) is 0 Å². The van der Waals surface area contributed by atoms with Gasteiger partial charge in [0.2, 0.25) is 0 Å². The van der Waals surface area contributed by atoms with Crippen molar-refractivity contribution in [3.8, 4) is 0 Å². The molecule has 0 atom stereocenters. The van der Waals surface area contributed by atoms with Crippen LogP contribution in [0.1, 0.15) is 31.2 Å². The van der Waals surface area contributed by atoms with E-state index in [0.29, 0.717) is 11.4 Å². The summed E-state index contributed by atoms with van der Waals surface area (Å²) in [4.78, 5) is 30.5. The number of hydrogen-bond acceptors (Lipinski definition) is 4. The molecule has 1 N–H and O–H groups in total. The monoisotopic (exact) mass is 283 g/mol. The van der Waals surface area contributed by atoms with Crippen molar-refractivity contribution < 1.29 is 0 Å². The van der Waals surface area contributed by atoms with Crippen LogP contribution in [0.15, 0.2) is 15.9 Å². The van der Waals surface area contributed by atoms with E-state index < -0.39 is 11.2 Å². The fourth-order valence-corrected chi connectivity index (χ4v) is 2.18. The summed E-state index contributed by atoms with van der Waals surface area (Å²) in [6.45, 7) is 3.69. The highest BCUT2D eigenvalue weighted by Crippen LogP contribution is 2.16. The predicted molar refractivity (Wildman–Crippen MR) is 70.5 cm³/mol. The molecule has 2 aromatic heterocycles. The van der Waals surface area contributed by atoms with Gasteiger partial charge in [-0.25, -0.2) is 9.78 Å². The fourth-order valence-electron chi connectivity index (χ4n) is 1.80. The van der Waals surface area contributed by atoms with Crippen molar-refractivity contribution in [2.75, 3.05) is 0 Å². The van der Waals surface area contributed by atoms with E-state index in [4.69, 9.17) is 11.6 Å². The molecular formula is C11H14ClN5O2. The zero-order valence-electron chi connectivity index (χ0n) is 10.8.